The van der Waals surface area contributed by atoms with Crippen molar-refractivity contribution in [2.24, 2.45) is 23.7 Å². The first-order valence-electron chi connectivity index (χ1n) is 11.7. The van der Waals surface area contributed by atoms with Crippen molar-refractivity contribution in [3.8, 4) is 23.2 Å². The van der Waals surface area contributed by atoms with Crippen molar-refractivity contribution in [3.63, 3.8) is 0 Å². The molecule has 4 heterocycles. The summed E-state index contributed by atoms with van der Waals surface area (Å²) in [7, 11) is 0. The number of aliphatic hydroxyl groups is 1. The molecule has 1 aromatic carbocycles. The summed E-state index contributed by atoms with van der Waals surface area (Å²) in [5.41, 5.74) is 2.79. The number of hydrogen-bond acceptors (Lipinski definition) is 6. The molecule has 1 aliphatic carbocycles. The minimum Gasteiger partial charge on any atom is -0.385 e. The lowest BCUT2D eigenvalue weighted by atomic mass is 10.1. The number of fused-ring (bicyclic) bond motifs is 1. The molecule has 1 saturated carbocycles. The Hall–Kier alpha value is -2.92. The third-order valence-corrected chi connectivity index (χ3v) is 7.06. The van der Waals surface area contributed by atoms with Gasteiger partial charge in [0.25, 0.3) is 0 Å². The van der Waals surface area contributed by atoms with Crippen LogP contribution in [0.1, 0.15) is 30.1 Å². The highest BCUT2D eigenvalue weighted by molar-refractivity contribution is 5.59. The summed E-state index contributed by atoms with van der Waals surface area (Å²) in [6.07, 6.45) is 2.88. The molecular weight excluding hydrogens is 416 g/mol. The van der Waals surface area contributed by atoms with Gasteiger partial charge >= 0.3 is 0 Å². The molecule has 0 bridgehead atoms. The molecule has 1 N–H and O–H groups in total. The predicted octanol–water partition coefficient (Wildman–Crippen LogP) is 2.82. The predicted molar refractivity (Wildman–Crippen MR) is 122 cm³/mol. The highest BCUT2D eigenvalue weighted by Gasteiger charge is 2.55. The minimum absolute atomic E-state index is 0.503. The number of aliphatic hydroxyl groups excluding tert-OH is 1. The van der Waals surface area contributed by atoms with Crippen LogP contribution < -0.4 is 0 Å². The van der Waals surface area contributed by atoms with Gasteiger partial charge in [0.2, 0.25) is 0 Å². The largest absolute Gasteiger partial charge is 0.385 e. The molecule has 170 valence electrons. The zero-order valence-corrected chi connectivity index (χ0v) is 18.7. The Morgan fingerprint density at radius 3 is 2.67 bits per heavy atom. The van der Waals surface area contributed by atoms with Crippen LogP contribution in [0.5, 0.6) is 0 Å². The molecule has 3 fully saturated rings. The van der Waals surface area contributed by atoms with Gasteiger partial charge in [-0.25, -0.2) is 4.98 Å². The van der Waals surface area contributed by atoms with Gasteiger partial charge in [-0.2, -0.15) is 0 Å². The first-order chi connectivity index (χ1) is 16.1. The number of aromatic nitrogens is 3. The summed E-state index contributed by atoms with van der Waals surface area (Å²) in [6, 6.07) is 10.1. The lowest BCUT2D eigenvalue weighted by Crippen LogP contribution is -2.39. The third kappa shape index (κ3) is 4.22. The maximum absolute atomic E-state index is 9.82. The fourth-order valence-corrected chi connectivity index (χ4v) is 5.14. The quantitative estimate of drug-likeness (QED) is 0.590. The molecule has 0 unspecified atom stereocenters. The summed E-state index contributed by atoms with van der Waals surface area (Å²) in [5.74, 6) is 11.0. The molecule has 3 aromatic rings. The van der Waals surface area contributed by atoms with E-state index in [1.807, 2.05) is 41.1 Å². The van der Waals surface area contributed by atoms with Gasteiger partial charge in [0.1, 0.15) is 17.6 Å². The molecule has 2 aliphatic heterocycles. The maximum Gasteiger partial charge on any atom is 0.167 e. The number of hydrogen-bond donors (Lipinski definition) is 1. The van der Waals surface area contributed by atoms with Crippen LogP contribution in [0.15, 0.2) is 47.2 Å². The molecular formula is C26H28N4O3. The summed E-state index contributed by atoms with van der Waals surface area (Å²) in [6.45, 7) is 7.68. The van der Waals surface area contributed by atoms with Gasteiger partial charge in [-0.1, -0.05) is 17.0 Å². The van der Waals surface area contributed by atoms with Crippen LogP contribution in [0.2, 0.25) is 0 Å². The van der Waals surface area contributed by atoms with E-state index in [1.54, 1.807) is 13.1 Å². The Kier molecular flexibility index (Phi) is 5.30. The van der Waals surface area contributed by atoms with Crippen molar-refractivity contribution in [2.75, 3.05) is 32.8 Å². The molecule has 3 aliphatic rings. The summed E-state index contributed by atoms with van der Waals surface area (Å²) >= 11 is 0. The van der Waals surface area contributed by atoms with Crippen LogP contribution in [0.4, 0.5) is 0 Å². The van der Waals surface area contributed by atoms with Crippen molar-refractivity contribution in [1.82, 2.24) is 19.6 Å². The van der Waals surface area contributed by atoms with Crippen molar-refractivity contribution in [2.45, 2.75) is 19.6 Å². The fraction of sp³-hybridized carbons (Fsp3) is 0.462. The van der Waals surface area contributed by atoms with Gasteiger partial charge in [-0.15, -0.1) is 0 Å². The first-order valence-corrected chi connectivity index (χ1v) is 11.7. The van der Waals surface area contributed by atoms with Gasteiger partial charge in [0.05, 0.1) is 19.8 Å². The number of nitrogens with zero attached hydrogens (tertiary/aromatic N) is 4. The van der Waals surface area contributed by atoms with Gasteiger partial charge in [0, 0.05) is 61.1 Å². The van der Waals surface area contributed by atoms with Gasteiger partial charge in [0.15, 0.2) is 5.76 Å². The number of benzene rings is 1. The number of ether oxygens (including phenoxy) is 1. The molecule has 2 saturated heterocycles. The summed E-state index contributed by atoms with van der Waals surface area (Å²) in [5, 5.41) is 14.0. The molecule has 6 rings (SSSR count). The Morgan fingerprint density at radius 2 is 1.97 bits per heavy atom. The molecule has 33 heavy (non-hydrogen) atoms. The normalized spacial score (nSPS) is 25.2. The second kappa shape index (κ2) is 8.45. The van der Waals surface area contributed by atoms with E-state index in [0.29, 0.717) is 18.3 Å². The molecule has 0 amide bonds. The SMILES string of the molecule is C[C@H](O)c1nccn1Cc1cc(-c2ccc(C#C[C@@H]3[C@H]4CN(CC5COC5)C[C@@H]34)cc2)on1. The number of imidazole rings is 1. The van der Waals surface area contributed by atoms with Crippen molar-refractivity contribution in [3.05, 3.63) is 59.8 Å². The van der Waals surface area contributed by atoms with Crippen molar-refractivity contribution < 1.29 is 14.4 Å². The Labute approximate surface area is 193 Å². The van der Waals surface area contributed by atoms with Crippen LogP contribution in [-0.4, -0.2) is 57.6 Å². The van der Waals surface area contributed by atoms with Gasteiger partial charge < -0.3 is 23.8 Å². The second-order valence-corrected chi connectivity index (χ2v) is 9.59. The third-order valence-electron chi connectivity index (χ3n) is 7.06. The van der Waals surface area contributed by atoms with E-state index in [2.05, 4.69) is 26.9 Å². The van der Waals surface area contributed by atoms with Crippen LogP contribution in [0.3, 0.4) is 0 Å². The van der Waals surface area contributed by atoms with Gasteiger partial charge in [-0.05, 0) is 43.0 Å². The molecule has 2 aromatic heterocycles. The highest BCUT2D eigenvalue weighted by atomic mass is 16.5. The van der Waals surface area contributed by atoms with Crippen LogP contribution in [-0.2, 0) is 11.3 Å². The molecule has 0 radical (unpaired) electrons. The second-order valence-electron chi connectivity index (χ2n) is 9.59. The zero-order valence-electron chi connectivity index (χ0n) is 18.7. The monoisotopic (exact) mass is 444 g/mol. The molecule has 4 atom stereocenters. The number of piperidine rings is 1. The smallest absolute Gasteiger partial charge is 0.167 e. The van der Waals surface area contributed by atoms with Crippen molar-refractivity contribution in [1.29, 1.82) is 0 Å². The van der Waals surface area contributed by atoms with E-state index < -0.39 is 6.10 Å². The van der Waals surface area contributed by atoms with E-state index in [1.165, 1.54) is 19.6 Å². The lowest BCUT2D eigenvalue weighted by Gasteiger charge is -2.31. The zero-order chi connectivity index (χ0) is 22.4. The minimum atomic E-state index is -0.628. The van der Waals surface area contributed by atoms with E-state index in [0.717, 1.165) is 53.5 Å². The number of rotatable bonds is 6. The molecule has 7 nitrogen and oxygen atoms in total. The number of likely N-dealkylation sites (tertiary alicyclic amines) is 1. The van der Waals surface area contributed by atoms with Crippen molar-refractivity contribution >= 4 is 0 Å². The Bertz CT molecular complexity index is 1170. The Morgan fingerprint density at radius 1 is 1.18 bits per heavy atom. The van der Waals surface area contributed by atoms with E-state index in [4.69, 9.17) is 9.26 Å². The van der Waals surface area contributed by atoms with Gasteiger partial charge in [-0.3, -0.25) is 0 Å². The molecule has 7 heteroatoms. The van der Waals surface area contributed by atoms with Crippen LogP contribution in [0.25, 0.3) is 11.3 Å². The summed E-state index contributed by atoms with van der Waals surface area (Å²) in [4.78, 5) is 6.79. The van der Waals surface area contributed by atoms with E-state index in [9.17, 15) is 5.11 Å². The van der Waals surface area contributed by atoms with E-state index >= 15 is 0 Å². The maximum atomic E-state index is 9.82. The topological polar surface area (TPSA) is 76.6 Å². The average Bonchev–Trinajstić information content (AvgIpc) is 3.27. The van der Waals surface area contributed by atoms with Crippen LogP contribution in [0, 0.1) is 35.5 Å². The van der Waals surface area contributed by atoms with E-state index in [-0.39, 0.29) is 0 Å². The lowest BCUT2D eigenvalue weighted by molar-refractivity contribution is -0.0453. The van der Waals surface area contributed by atoms with Crippen LogP contribution >= 0.6 is 0 Å². The molecule has 0 spiro atoms. The highest BCUT2D eigenvalue weighted by Crippen LogP contribution is 2.51. The fourth-order valence-electron chi connectivity index (χ4n) is 5.14. The Balaban J connectivity index is 1.05. The first kappa shape index (κ1) is 20.7. The summed E-state index contributed by atoms with van der Waals surface area (Å²) < 4.78 is 12.7. The average molecular weight is 445 g/mol. The standard InChI is InChI=1S/C26H28N4O3/c1-17(31)26-27-8-9-30(26)12-21-10-25(33-28-21)20-5-2-18(3-6-20)4-7-22-23-13-29(14-24(22)23)11-19-15-32-16-19/h2-3,5-6,8-10,17,19,22-24,31H,11-16H2,1H3/t17-,22-,23-,24+/m0/s1.